The second-order valence-corrected chi connectivity index (χ2v) is 7.89. The maximum Gasteiger partial charge on any atom is 0.321 e. The molecule has 3 heterocycles. The molecule has 1 aromatic heterocycles. The van der Waals surface area contributed by atoms with Crippen molar-refractivity contribution < 1.29 is 9.53 Å². The van der Waals surface area contributed by atoms with Gasteiger partial charge in [0.1, 0.15) is 23.7 Å². The van der Waals surface area contributed by atoms with Gasteiger partial charge in [0.25, 0.3) is 0 Å². The first kappa shape index (κ1) is 21.2. The number of ether oxygens (including phenoxy) is 1. The molecule has 9 heteroatoms. The number of hydrogen-bond donors (Lipinski definition) is 1. The molecule has 0 unspecified atom stereocenters. The van der Waals surface area contributed by atoms with Gasteiger partial charge in [0.2, 0.25) is 0 Å². The summed E-state index contributed by atoms with van der Waals surface area (Å²) in [5, 5.41) is 2.97. The highest BCUT2D eigenvalue weighted by Gasteiger charge is 2.23. The molecule has 0 bridgehead atoms. The topological polar surface area (TPSA) is 77.1 Å². The van der Waals surface area contributed by atoms with E-state index in [1.807, 2.05) is 36.1 Å². The predicted octanol–water partition coefficient (Wildman–Crippen LogP) is 1.98. The molecule has 4 rings (SSSR count). The van der Waals surface area contributed by atoms with Crippen LogP contribution in [0.5, 0.6) is 5.75 Å². The third kappa shape index (κ3) is 5.35. The number of anilines is 3. The Hall–Kier alpha value is -3.07. The Morgan fingerprint density at radius 1 is 0.935 bits per heavy atom. The molecule has 31 heavy (non-hydrogen) atoms. The lowest BCUT2D eigenvalue weighted by atomic mass is 10.3. The number of carbonyl (C=O) groups excluding carboxylic acids is 1. The molecule has 1 N–H and O–H groups in total. The molecule has 166 valence electrons. The van der Waals surface area contributed by atoms with Gasteiger partial charge in [-0.1, -0.05) is 0 Å². The van der Waals surface area contributed by atoms with Crippen LogP contribution in [0, 0.1) is 0 Å². The Balaban J connectivity index is 1.30. The van der Waals surface area contributed by atoms with Crippen LogP contribution in [0.15, 0.2) is 36.7 Å². The average molecular weight is 426 g/mol. The molecule has 1 aromatic carbocycles. The first-order chi connectivity index (χ1) is 15.1. The number of likely N-dealkylation sites (N-methyl/N-ethyl adjacent to an activating group) is 1. The van der Waals surface area contributed by atoms with Gasteiger partial charge < -0.3 is 29.7 Å². The fourth-order valence-corrected chi connectivity index (χ4v) is 3.86. The molecule has 2 fully saturated rings. The Morgan fingerprint density at radius 2 is 1.52 bits per heavy atom. The number of piperazine rings is 2. The van der Waals surface area contributed by atoms with Crippen molar-refractivity contribution in [3.63, 3.8) is 0 Å². The maximum atomic E-state index is 12.6. The molecule has 0 spiro atoms. The SMILES string of the molecule is CCOc1ccc(NC(=O)N2CCN(c3cc(N4CCN(C)CC4)ncn3)CC2)cc1. The summed E-state index contributed by atoms with van der Waals surface area (Å²) in [5.41, 5.74) is 0.767. The highest BCUT2D eigenvalue weighted by Crippen LogP contribution is 2.21. The number of nitrogens with one attached hydrogen (secondary N) is 1. The van der Waals surface area contributed by atoms with Gasteiger partial charge >= 0.3 is 6.03 Å². The van der Waals surface area contributed by atoms with Crippen molar-refractivity contribution in [1.82, 2.24) is 19.8 Å². The molecule has 2 saturated heterocycles. The third-order valence-electron chi connectivity index (χ3n) is 5.77. The normalized spacial score (nSPS) is 17.5. The zero-order valence-corrected chi connectivity index (χ0v) is 18.3. The summed E-state index contributed by atoms with van der Waals surface area (Å²) in [5.74, 6) is 2.71. The maximum absolute atomic E-state index is 12.6. The van der Waals surface area contributed by atoms with Crippen molar-refractivity contribution >= 4 is 23.4 Å². The Kier molecular flexibility index (Phi) is 6.71. The van der Waals surface area contributed by atoms with Crippen LogP contribution in [0.3, 0.4) is 0 Å². The smallest absolute Gasteiger partial charge is 0.321 e. The van der Waals surface area contributed by atoms with Crippen LogP contribution in [-0.4, -0.2) is 91.8 Å². The van der Waals surface area contributed by atoms with E-state index in [0.29, 0.717) is 19.7 Å². The largest absolute Gasteiger partial charge is 0.494 e. The number of urea groups is 1. The van der Waals surface area contributed by atoms with E-state index in [9.17, 15) is 4.79 Å². The standard InChI is InChI=1S/C22H31N7O2/c1-3-31-19-6-4-18(5-7-19)25-22(30)29-14-12-28(13-15-29)21-16-20(23-17-24-21)27-10-8-26(2)9-11-27/h4-7,16-17H,3,8-15H2,1-2H3,(H,25,30). The van der Waals surface area contributed by atoms with Crippen LogP contribution in [-0.2, 0) is 0 Å². The van der Waals surface area contributed by atoms with E-state index in [4.69, 9.17) is 4.74 Å². The Morgan fingerprint density at radius 3 is 2.10 bits per heavy atom. The Labute approximate surface area is 183 Å². The van der Waals surface area contributed by atoms with Gasteiger partial charge in [0, 0.05) is 64.1 Å². The Bertz CT molecular complexity index is 860. The van der Waals surface area contributed by atoms with Crippen molar-refractivity contribution in [2.24, 2.45) is 0 Å². The molecule has 9 nitrogen and oxygen atoms in total. The second-order valence-electron chi connectivity index (χ2n) is 7.89. The zero-order valence-electron chi connectivity index (χ0n) is 18.3. The molecular formula is C22H31N7O2. The molecule has 2 aliphatic rings. The van der Waals surface area contributed by atoms with Gasteiger partial charge in [-0.3, -0.25) is 0 Å². The number of nitrogens with zero attached hydrogens (tertiary/aromatic N) is 6. The molecule has 0 radical (unpaired) electrons. The number of hydrogen-bond acceptors (Lipinski definition) is 7. The van der Waals surface area contributed by atoms with Crippen LogP contribution in [0.2, 0.25) is 0 Å². The molecule has 0 saturated carbocycles. The fourth-order valence-electron chi connectivity index (χ4n) is 3.86. The summed E-state index contributed by atoms with van der Waals surface area (Å²) in [6.45, 7) is 9.41. The van der Waals surface area contributed by atoms with Crippen LogP contribution in [0.1, 0.15) is 6.92 Å². The molecule has 0 atom stereocenters. The van der Waals surface area contributed by atoms with Crippen molar-refractivity contribution in [3.05, 3.63) is 36.7 Å². The summed E-state index contributed by atoms with van der Waals surface area (Å²) in [6, 6.07) is 9.44. The van der Waals surface area contributed by atoms with Gasteiger partial charge in [-0.25, -0.2) is 14.8 Å². The quantitative estimate of drug-likeness (QED) is 0.785. The number of carbonyl (C=O) groups is 1. The fraction of sp³-hybridized carbons (Fsp3) is 0.500. The van der Waals surface area contributed by atoms with E-state index in [-0.39, 0.29) is 6.03 Å². The molecule has 2 amide bonds. The van der Waals surface area contributed by atoms with Gasteiger partial charge in [0.15, 0.2) is 0 Å². The van der Waals surface area contributed by atoms with E-state index in [2.05, 4.69) is 43.1 Å². The van der Waals surface area contributed by atoms with Crippen molar-refractivity contribution in [2.45, 2.75) is 6.92 Å². The predicted molar refractivity (Wildman–Crippen MR) is 122 cm³/mol. The van der Waals surface area contributed by atoms with Gasteiger partial charge in [-0.15, -0.1) is 0 Å². The van der Waals surface area contributed by atoms with Gasteiger partial charge in [-0.2, -0.15) is 0 Å². The van der Waals surface area contributed by atoms with Crippen molar-refractivity contribution in [2.75, 3.05) is 81.1 Å². The van der Waals surface area contributed by atoms with Crippen LogP contribution >= 0.6 is 0 Å². The van der Waals surface area contributed by atoms with E-state index in [1.54, 1.807) is 6.33 Å². The summed E-state index contributed by atoms with van der Waals surface area (Å²) in [7, 11) is 2.15. The number of amides is 2. The summed E-state index contributed by atoms with van der Waals surface area (Å²) >= 11 is 0. The van der Waals surface area contributed by atoms with E-state index in [0.717, 1.165) is 62.3 Å². The highest BCUT2D eigenvalue weighted by atomic mass is 16.5. The van der Waals surface area contributed by atoms with E-state index >= 15 is 0 Å². The second kappa shape index (κ2) is 9.82. The van der Waals surface area contributed by atoms with Crippen molar-refractivity contribution in [3.8, 4) is 5.75 Å². The molecule has 2 aliphatic heterocycles. The highest BCUT2D eigenvalue weighted by molar-refractivity contribution is 5.89. The summed E-state index contributed by atoms with van der Waals surface area (Å²) in [6.07, 6.45) is 1.65. The van der Waals surface area contributed by atoms with Crippen LogP contribution in [0.4, 0.5) is 22.1 Å². The van der Waals surface area contributed by atoms with Crippen LogP contribution in [0.25, 0.3) is 0 Å². The zero-order chi connectivity index (χ0) is 21.6. The van der Waals surface area contributed by atoms with Gasteiger partial charge in [-0.05, 0) is 38.2 Å². The minimum Gasteiger partial charge on any atom is -0.494 e. The van der Waals surface area contributed by atoms with Crippen LogP contribution < -0.4 is 19.9 Å². The number of aromatic nitrogens is 2. The monoisotopic (exact) mass is 425 g/mol. The lowest BCUT2D eigenvalue weighted by Gasteiger charge is -2.36. The molecule has 0 aliphatic carbocycles. The van der Waals surface area contributed by atoms with Crippen molar-refractivity contribution in [1.29, 1.82) is 0 Å². The third-order valence-corrected chi connectivity index (χ3v) is 5.77. The molecular weight excluding hydrogens is 394 g/mol. The van der Waals surface area contributed by atoms with E-state index in [1.165, 1.54) is 0 Å². The number of rotatable bonds is 5. The summed E-state index contributed by atoms with van der Waals surface area (Å²) < 4.78 is 5.44. The minimum absolute atomic E-state index is 0.0791. The van der Waals surface area contributed by atoms with E-state index < -0.39 is 0 Å². The average Bonchev–Trinajstić information content (AvgIpc) is 2.81. The molecule has 2 aromatic rings. The first-order valence-electron chi connectivity index (χ1n) is 10.9. The summed E-state index contributed by atoms with van der Waals surface area (Å²) in [4.78, 5) is 30.3. The lowest BCUT2D eigenvalue weighted by molar-refractivity contribution is 0.208. The lowest BCUT2D eigenvalue weighted by Crippen LogP contribution is -2.50. The number of benzene rings is 1. The first-order valence-corrected chi connectivity index (χ1v) is 10.9. The minimum atomic E-state index is -0.0791. The van der Waals surface area contributed by atoms with Gasteiger partial charge in [0.05, 0.1) is 6.61 Å².